The Labute approximate surface area is 171 Å². The summed E-state index contributed by atoms with van der Waals surface area (Å²) in [6.07, 6.45) is 1.59. The Bertz CT molecular complexity index is 665. The molecule has 1 aromatic carbocycles. The van der Waals surface area contributed by atoms with Gasteiger partial charge in [-0.3, -0.25) is 9.89 Å². The van der Waals surface area contributed by atoms with Crippen LogP contribution in [0.15, 0.2) is 35.3 Å². The Hall–Kier alpha value is -1.60. The second-order valence-corrected chi connectivity index (χ2v) is 9.82. The van der Waals surface area contributed by atoms with Crippen molar-refractivity contribution in [2.45, 2.75) is 58.4 Å². The molecule has 0 spiro atoms. The maximum Gasteiger partial charge on any atom is 0.190 e. The monoisotopic (exact) mass is 410 g/mol. The van der Waals surface area contributed by atoms with Crippen molar-refractivity contribution in [1.82, 2.24) is 15.5 Å². The van der Waals surface area contributed by atoms with Crippen LogP contribution in [-0.2, 0) is 15.6 Å². The minimum Gasteiger partial charge on any atom is -0.356 e. The van der Waals surface area contributed by atoms with Crippen LogP contribution >= 0.6 is 0 Å². The molecular weight excluding hydrogens is 372 g/mol. The SMILES string of the molecule is CN=C(NCCCN(C(C)C)C(C)C)NCCCS(=O)(=O)Cc1ccccc1. The normalized spacial score (nSPS) is 12.8. The van der Waals surface area contributed by atoms with Gasteiger partial charge >= 0.3 is 0 Å². The summed E-state index contributed by atoms with van der Waals surface area (Å²) >= 11 is 0. The summed E-state index contributed by atoms with van der Waals surface area (Å²) < 4.78 is 24.4. The molecule has 0 fully saturated rings. The number of nitrogens with one attached hydrogen (secondary N) is 2. The molecule has 1 rings (SSSR count). The molecule has 0 aliphatic carbocycles. The third kappa shape index (κ3) is 10.1. The van der Waals surface area contributed by atoms with Crippen LogP contribution in [0.1, 0.15) is 46.1 Å². The molecule has 0 atom stereocenters. The Morgan fingerprint density at radius 2 is 1.57 bits per heavy atom. The molecule has 2 N–H and O–H groups in total. The molecule has 0 heterocycles. The highest BCUT2D eigenvalue weighted by Gasteiger charge is 2.13. The van der Waals surface area contributed by atoms with Gasteiger partial charge in [0.2, 0.25) is 0 Å². The van der Waals surface area contributed by atoms with E-state index in [-0.39, 0.29) is 11.5 Å². The molecule has 0 unspecified atom stereocenters. The molecule has 0 aliphatic rings. The van der Waals surface area contributed by atoms with E-state index < -0.39 is 9.84 Å². The quantitative estimate of drug-likeness (QED) is 0.315. The van der Waals surface area contributed by atoms with E-state index in [1.807, 2.05) is 30.3 Å². The first kappa shape index (κ1) is 24.4. The maximum absolute atomic E-state index is 12.2. The molecule has 1 aromatic rings. The first-order valence-corrected chi connectivity index (χ1v) is 12.0. The molecule has 0 bridgehead atoms. The number of benzene rings is 1. The lowest BCUT2D eigenvalue weighted by molar-refractivity contribution is 0.173. The van der Waals surface area contributed by atoms with E-state index in [9.17, 15) is 8.42 Å². The summed E-state index contributed by atoms with van der Waals surface area (Å²) in [5, 5.41) is 6.50. The van der Waals surface area contributed by atoms with Gasteiger partial charge in [-0.1, -0.05) is 30.3 Å². The van der Waals surface area contributed by atoms with Gasteiger partial charge in [0.15, 0.2) is 15.8 Å². The first-order valence-electron chi connectivity index (χ1n) is 10.2. The van der Waals surface area contributed by atoms with E-state index in [2.05, 4.69) is 48.2 Å². The molecule has 0 amide bonds. The van der Waals surface area contributed by atoms with Crippen LogP contribution < -0.4 is 10.6 Å². The highest BCUT2D eigenvalue weighted by molar-refractivity contribution is 7.90. The fourth-order valence-electron chi connectivity index (χ4n) is 3.20. The summed E-state index contributed by atoms with van der Waals surface area (Å²) in [6.45, 7) is 11.3. The van der Waals surface area contributed by atoms with Crippen LogP contribution in [0.5, 0.6) is 0 Å². The smallest absolute Gasteiger partial charge is 0.190 e. The van der Waals surface area contributed by atoms with Gasteiger partial charge in [0.05, 0.1) is 11.5 Å². The predicted molar refractivity (Wildman–Crippen MR) is 120 cm³/mol. The summed E-state index contributed by atoms with van der Waals surface area (Å²) in [7, 11) is -1.36. The average Bonchev–Trinajstić information content (AvgIpc) is 2.63. The van der Waals surface area contributed by atoms with Gasteiger partial charge in [-0.2, -0.15) is 0 Å². The van der Waals surface area contributed by atoms with Crippen LogP contribution in [-0.4, -0.2) is 63.8 Å². The van der Waals surface area contributed by atoms with E-state index in [4.69, 9.17) is 0 Å². The van der Waals surface area contributed by atoms with Gasteiger partial charge in [0.25, 0.3) is 0 Å². The number of rotatable bonds is 12. The molecular formula is C21H38N4O2S. The van der Waals surface area contributed by atoms with Crippen LogP contribution in [0.4, 0.5) is 0 Å². The molecule has 0 radical (unpaired) electrons. The van der Waals surface area contributed by atoms with Crippen molar-refractivity contribution in [2.24, 2.45) is 4.99 Å². The minimum atomic E-state index is -3.09. The van der Waals surface area contributed by atoms with E-state index in [0.29, 0.717) is 25.0 Å². The first-order chi connectivity index (χ1) is 13.2. The van der Waals surface area contributed by atoms with Crippen molar-refractivity contribution in [1.29, 1.82) is 0 Å². The third-order valence-electron chi connectivity index (χ3n) is 4.59. The van der Waals surface area contributed by atoms with Crippen molar-refractivity contribution >= 4 is 15.8 Å². The zero-order chi connectivity index (χ0) is 21.0. The van der Waals surface area contributed by atoms with Crippen molar-refractivity contribution in [3.05, 3.63) is 35.9 Å². The number of nitrogens with zero attached hydrogens (tertiary/aromatic N) is 2. The molecule has 28 heavy (non-hydrogen) atoms. The van der Waals surface area contributed by atoms with E-state index in [1.165, 1.54) is 0 Å². The molecule has 7 heteroatoms. The Morgan fingerprint density at radius 3 is 2.11 bits per heavy atom. The highest BCUT2D eigenvalue weighted by atomic mass is 32.2. The Kier molecular flexibility index (Phi) is 11.2. The molecule has 0 saturated carbocycles. The largest absolute Gasteiger partial charge is 0.356 e. The molecule has 6 nitrogen and oxygen atoms in total. The van der Waals surface area contributed by atoms with Gasteiger partial charge in [-0.05, 0) is 46.1 Å². The fraction of sp³-hybridized carbons (Fsp3) is 0.667. The Morgan fingerprint density at radius 1 is 1.00 bits per heavy atom. The van der Waals surface area contributed by atoms with Crippen molar-refractivity contribution in [2.75, 3.05) is 32.4 Å². The van der Waals surface area contributed by atoms with Gasteiger partial charge in [-0.25, -0.2) is 8.42 Å². The fourth-order valence-corrected chi connectivity index (χ4v) is 4.63. The second-order valence-electron chi connectivity index (χ2n) is 7.64. The van der Waals surface area contributed by atoms with Crippen LogP contribution in [0.25, 0.3) is 0 Å². The van der Waals surface area contributed by atoms with E-state index in [1.54, 1.807) is 7.05 Å². The van der Waals surface area contributed by atoms with Crippen molar-refractivity contribution in [3.63, 3.8) is 0 Å². The molecule has 0 aliphatic heterocycles. The lowest BCUT2D eigenvalue weighted by Gasteiger charge is -2.30. The number of hydrogen-bond donors (Lipinski definition) is 2. The van der Waals surface area contributed by atoms with Crippen molar-refractivity contribution in [3.8, 4) is 0 Å². The number of guanidine groups is 1. The highest BCUT2D eigenvalue weighted by Crippen LogP contribution is 2.07. The van der Waals surface area contributed by atoms with E-state index in [0.717, 1.165) is 31.0 Å². The third-order valence-corrected chi connectivity index (χ3v) is 6.27. The lowest BCUT2D eigenvalue weighted by Crippen LogP contribution is -2.41. The zero-order valence-corrected chi connectivity index (χ0v) is 18.9. The van der Waals surface area contributed by atoms with E-state index >= 15 is 0 Å². The van der Waals surface area contributed by atoms with Crippen LogP contribution in [0.2, 0.25) is 0 Å². The van der Waals surface area contributed by atoms with Gasteiger partial charge in [0.1, 0.15) is 0 Å². The van der Waals surface area contributed by atoms with Crippen LogP contribution in [0, 0.1) is 0 Å². The number of aliphatic imine (C=N–C) groups is 1. The van der Waals surface area contributed by atoms with Gasteiger partial charge in [0, 0.05) is 38.8 Å². The topological polar surface area (TPSA) is 73.8 Å². The molecule has 0 aromatic heterocycles. The second kappa shape index (κ2) is 12.8. The van der Waals surface area contributed by atoms with Gasteiger partial charge in [-0.15, -0.1) is 0 Å². The molecule has 160 valence electrons. The minimum absolute atomic E-state index is 0.100. The summed E-state index contributed by atoms with van der Waals surface area (Å²) in [6, 6.07) is 10.4. The summed E-state index contributed by atoms with van der Waals surface area (Å²) in [5.74, 6) is 0.994. The van der Waals surface area contributed by atoms with Crippen molar-refractivity contribution < 1.29 is 8.42 Å². The van der Waals surface area contributed by atoms with Gasteiger partial charge < -0.3 is 10.6 Å². The summed E-state index contributed by atoms with van der Waals surface area (Å²) in [4.78, 5) is 6.68. The summed E-state index contributed by atoms with van der Waals surface area (Å²) in [5.41, 5.74) is 0.838. The standard InChI is InChI=1S/C21H38N4O2S/c1-18(2)25(19(3)4)15-9-13-23-21(22-5)24-14-10-16-28(26,27)17-20-11-7-6-8-12-20/h6-8,11-12,18-19H,9-10,13-17H2,1-5H3,(H2,22,23,24). The number of hydrogen-bond acceptors (Lipinski definition) is 4. The Balaban J connectivity index is 2.25. The average molecular weight is 411 g/mol. The number of sulfone groups is 1. The lowest BCUT2D eigenvalue weighted by atomic mass is 10.2. The maximum atomic E-state index is 12.2. The molecule has 0 saturated heterocycles. The van der Waals surface area contributed by atoms with Crippen LogP contribution in [0.3, 0.4) is 0 Å². The predicted octanol–water partition coefficient (Wildman–Crippen LogP) is 2.67. The zero-order valence-electron chi connectivity index (χ0n) is 18.1.